The number of hydrogen-bond donors (Lipinski definition) is 1. The molecule has 2 heterocycles. The highest BCUT2D eigenvalue weighted by Gasteiger charge is 2.21. The van der Waals surface area contributed by atoms with Crippen LogP contribution >= 0.6 is 0 Å². The van der Waals surface area contributed by atoms with Crippen molar-refractivity contribution in [1.82, 2.24) is 4.90 Å². The monoisotopic (exact) mass is 343 g/mol. The van der Waals surface area contributed by atoms with Crippen LogP contribution in [0.15, 0.2) is 18.2 Å². The van der Waals surface area contributed by atoms with Gasteiger partial charge in [-0.1, -0.05) is 19.9 Å². The fraction of sp³-hybridized carbons (Fsp3) is 0.667. The Morgan fingerprint density at radius 3 is 2.56 bits per heavy atom. The standard InChI is InChI=1S/C21H33N3O/c1-16-9-12-23(13-10-16)20-7-5-18(14-19(20)22)6-8-21(25)24-11-3-4-17(2)15-24/h5,7,14,16-17H,3-4,6,8-13,15,22H2,1-2H3. The summed E-state index contributed by atoms with van der Waals surface area (Å²) in [7, 11) is 0. The van der Waals surface area contributed by atoms with Gasteiger partial charge in [0.15, 0.2) is 0 Å². The third-order valence-electron chi connectivity index (χ3n) is 5.85. The fourth-order valence-corrected chi connectivity index (χ4v) is 4.12. The van der Waals surface area contributed by atoms with Crippen LogP contribution in [0, 0.1) is 11.8 Å². The van der Waals surface area contributed by atoms with Gasteiger partial charge in [-0.05, 0) is 61.6 Å². The highest BCUT2D eigenvalue weighted by atomic mass is 16.2. The molecule has 1 amide bonds. The van der Waals surface area contributed by atoms with Crippen LogP contribution in [-0.4, -0.2) is 37.0 Å². The summed E-state index contributed by atoms with van der Waals surface area (Å²) in [6, 6.07) is 6.36. The van der Waals surface area contributed by atoms with E-state index >= 15 is 0 Å². The van der Waals surface area contributed by atoms with Crippen molar-refractivity contribution in [3.05, 3.63) is 23.8 Å². The SMILES string of the molecule is CC1CCN(c2ccc(CCC(=O)N3CCCC(C)C3)cc2N)CC1. The lowest BCUT2D eigenvalue weighted by atomic mass is 9.98. The number of aryl methyl sites for hydroxylation is 1. The minimum absolute atomic E-state index is 0.291. The fourth-order valence-electron chi connectivity index (χ4n) is 4.12. The number of benzene rings is 1. The summed E-state index contributed by atoms with van der Waals surface area (Å²) in [5.41, 5.74) is 9.50. The highest BCUT2D eigenvalue weighted by molar-refractivity contribution is 5.77. The first-order valence-electron chi connectivity index (χ1n) is 9.94. The molecule has 25 heavy (non-hydrogen) atoms. The molecule has 138 valence electrons. The molecule has 1 aromatic rings. The molecule has 1 atom stereocenters. The smallest absolute Gasteiger partial charge is 0.222 e. The molecule has 0 bridgehead atoms. The summed E-state index contributed by atoms with van der Waals surface area (Å²) in [4.78, 5) is 16.9. The van der Waals surface area contributed by atoms with Crippen molar-refractivity contribution < 1.29 is 4.79 Å². The van der Waals surface area contributed by atoms with Crippen molar-refractivity contribution in [3.63, 3.8) is 0 Å². The lowest BCUT2D eigenvalue weighted by molar-refractivity contribution is -0.132. The average molecular weight is 344 g/mol. The van der Waals surface area contributed by atoms with Crippen molar-refractivity contribution in [2.24, 2.45) is 11.8 Å². The van der Waals surface area contributed by atoms with Crippen LogP contribution in [0.2, 0.25) is 0 Å². The second-order valence-corrected chi connectivity index (χ2v) is 8.15. The molecule has 4 heteroatoms. The van der Waals surface area contributed by atoms with E-state index < -0.39 is 0 Å². The predicted octanol–water partition coefficient (Wildman–Crippen LogP) is 3.70. The molecule has 2 N–H and O–H groups in total. The Balaban J connectivity index is 1.55. The minimum Gasteiger partial charge on any atom is -0.397 e. The normalized spacial score (nSPS) is 22.2. The molecular weight excluding hydrogens is 310 g/mol. The molecule has 1 unspecified atom stereocenters. The van der Waals surface area contributed by atoms with Crippen LogP contribution in [0.4, 0.5) is 11.4 Å². The second kappa shape index (κ2) is 8.11. The molecule has 1 aromatic carbocycles. The van der Waals surface area contributed by atoms with Gasteiger partial charge in [0.05, 0.1) is 11.4 Å². The maximum atomic E-state index is 12.4. The van der Waals surface area contributed by atoms with Gasteiger partial charge in [0, 0.05) is 32.6 Å². The van der Waals surface area contributed by atoms with Gasteiger partial charge >= 0.3 is 0 Å². The molecule has 2 aliphatic rings. The molecule has 4 nitrogen and oxygen atoms in total. The number of nitrogens with two attached hydrogens (primary N) is 1. The minimum atomic E-state index is 0.291. The molecule has 0 saturated carbocycles. The molecule has 0 aliphatic carbocycles. The zero-order chi connectivity index (χ0) is 17.8. The molecule has 3 rings (SSSR count). The van der Waals surface area contributed by atoms with Crippen LogP contribution < -0.4 is 10.6 Å². The van der Waals surface area contributed by atoms with E-state index in [1.807, 2.05) is 4.90 Å². The first-order chi connectivity index (χ1) is 12.0. The summed E-state index contributed by atoms with van der Waals surface area (Å²) >= 11 is 0. The van der Waals surface area contributed by atoms with Gasteiger partial charge in [0.2, 0.25) is 5.91 Å². The lowest BCUT2D eigenvalue weighted by Crippen LogP contribution is -2.39. The molecular formula is C21H33N3O. The number of nitrogens with zero attached hydrogens (tertiary/aromatic N) is 2. The molecule has 2 saturated heterocycles. The van der Waals surface area contributed by atoms with Crippen molar-refractivity contribution in [2.75, 3.05) is 36.8 Å². The van der Waals surface area contributed by atoms with Crippen LogP contribution in [0.5, 0.6) is 0 Å². The summed E-state index contributed by atoms with van der Waals surface area (Å²) < 4.78 is 0. The Hall–Kier alpha value is -1.71. The molecule has 0 aromatic heterocycles. The third kappa shape index (κ3) is 4.68. The Morgan fingerprint density at radius 2 is 1.88 bits per heavy atom. The highest BCUT2D eigenvalue weighted by Crippen LogP contribution is 2.29. The first-order valence-corrected chi connectivity index (χ1v) is 9.94. The summed E-state index contributed by atoms with van der Waals surface area (Å²) in [6.07, 6.45) is 6.24. The van der Waals surface area contributed by atoms with E-state index in [1.54, 1.807) is 0 Å². The Labute approximate surface area is 152 Å². The quantitative estimate of drug-likeness (QED) is 0.848. The zero-order valence-corrected chi connectivity index (χ0v) is 15.8. The molecule has 0 radical (unpaired) electrons. The van der Waals surface area contributed by atoms with Crippen molar-refractivity contribution >= 4 is 17.3 Å². The van der Waals surface area contributed by atoms with Crippen LogP contribution in [0.1, 0.15) is 51.5 Å². The summed E-state index contributed by atoms with van der Waals surface area (Å²) in [6.45, 7) is 8.60. The van der Waals surface area contributed by atoms with Crippen molar-refractivity contribution in [1.29, 1.82) is 0 Å². The lowest BCUT2D eigenvalue weighted by Gasteiger charge is -2.33. The number of rotatable bonds is 4. The maximum Gasteiger partial charge on any atom is 0.222 e. The second-order valence-electron chi connectivity index (χ2n) is 8.15. The van der Waals surface area contributed by atoms with E-state index in [0.29, 0.717) is 18.2 Å². The number of likely N-dealkylation sites (tertiary alicyclic amines) is 1. The van der Waals surface area contributed by atoms with Gasteiger partial charge in [0.25, 0.3) is 0 Å². The van der Waals surface area contributed by atoms with Crippen LogP contribution in [0.25, 0.3) is 0 Å². The number of carbonyl (C=O) groups excluding carboxylic acids is 1. The van der Waals surface area contributed by atoms with Gasteiger partial charge in [0.1, 0.15) is 0 Å². The number of nitrogen functional groups attached to an aromatic ring is 1. The van der Waals surface area contributed by atoms with Gasteiger partial charge in [-0.3, -0.25) is 4.79 Å². The van der Waals surface area contributed by atoms with Crippen LogP contribution in [0.3, 0.4) is 0 Å². The van der Waals surface area contributed by atoms with Gasteiger partial charge in [-0.2, -0.15) is 0 Å². The Morgan fingerprint density at radius 1 is 1.12 bits per heavy atom. The van der Waals surface area contributed by atoms with E-state index in [9.17, 15) is 4.79 Å². The number of carbonyl (C=O) groups is 1. The predicted molar refractivity (Wildman–Crippen MR) is 105 cm³/mol. The maximum absolute atomic E-state index is 12.4. The van der Waals surface area contributed by atoms with E-state index in [1.165, 1.54) is 24.8 Å². The van der Waals surface area contributed by atoms with E-state index in [0.717, 1.165) is 56.3 Å². The summed E-state index contributed by atoms with van der Waals surface area (Å²) in [5, 5.41) is 0. The zero-order valence-electron chi connectivity index (χ0n) is 15.8. The molecule has 2 aliphatic heterocycles. The van der Waals surface area contributed by atoms with E-state index in [4.69, 9.17) is 5.73 Å². The largest absolute Gasteiger partial charge is 0.397 e. The topological polar surface area (TPSA) is 49.6 Å². The summed E-state index contributed by atoms with van der Waals surface area (Å²) in [5.74, 6) is 1.75. The Kier molecular flexibility index (Phi) is 5.87. The first kappa shape index (κ1) is 18.1. The van der Waals surface area contributed by atoms with Gasteiger partial charge in [-0.15, -0.1) is 0 Å². The van der Waals surface area contributed by atoms with Gasteiger partial charge < -0.3 is 15.5 Å². The molecule has 0 spiro atoms. The number of hydrogen-bond acceptors (Lipinski definition) is 3. The van der Waals surface area contributed by atoms with E-state index in [-0.39, 0.29) is 0 Å². The number of anilines is 2. The average Bonchev–Trinajstić information content (AvgIpc) is 2.61. The van der Waals surface area contributed by atoms with Crippen LogP contribution in [-0.2, 0) is 11.2 Å². The third-order valence-corrected chi connectivity index (χ3v) is 5.85. The Bertz CT molecular complexity index is 593. The number of piperidine rings is 2. The molecule has 2 fully saturated rings. The number of amides is 1. The van der Waals surface area contributed by atoms with Crippen molar-refractivity contribution in [2.45, 2.75) is 52.4 Å². The van der Waals surface area contributed by atoms with E-state index in [2.05, 4.69) is 36.9 Å². The van der Waals surface area contributed by atoms with Gasteiger partial charge in [-0.25, -0.2) is 0 Å². The van der Waals surface area contributed by atoms with Crippen molar-refractivity contribution in [3.8, 4) is 0 Å².